The first-order valence-corrected chi connectivity index (χ1v) is 9.50. The zero-order chi connectivity index (χ0) is 20.1. The van der Waals surface area contributed by atoms with E-state index in [-0.39, 0.29) is 11.4 Å². The van der Waals surface area contributed by atoms with Gasteiger partial charge in [-0.3, -0.25) is 4.79 Å². The van der Waals surface area contributed by atoms with Gasteiger partial charge >= 0.3 is 6.18 Å². The third kappa shape index (κ3) is 5.16. The first-order chi connectivity index (χ1) is 13.3. The standard InChI is InChI=1S/C20H18F3N3OS/c1-13-17(11-14-7-3-2-4-8-14)26-19(24-13)28-12-18(27)25-16-10-6-5-9-15(16)20(21,22)23/h2-10H,11-12H2,1H3,(H,24,26)(H,25,27). The molecule has 0 fully saturated rings. The Labute approximate surface area is 164 Å². The van der Waals surface area contributed by atoms with Gasteiger partial charge in [0.2, 0.25) is 5.91 Å². The average Bonchev–Trinajstić information content (AvgIpc) is 3.00. The zero-order valence-corrected chi connectivity index (χ0v) is 15.8. The molecule has 2 N–H and O–H groups in total. The number of alkyl halides is 3. The topological polar surface area (TPSA) is 57.8 Å². The number of hydrogen-bond acceptors (Lipinski definition) is 3. The van der Waals surface area contributed by atoms with Crippen molar-refractivity contribution in [3.05, 3.63) is 77.1 Å². The van der Waals surface area contributed by atoms with Gasteiger partial charge in [0.1, 0.15) is 0 Å². The van der Waals surface area contributed by atoms with Crippen molar-refractivity contribution in [3.8, 4) is 0 Å². The molecule has 8 heteroatoms. The number of aromatic amines is 1. The molecule has 3 rings (SSSR count). The Balaban J connectivity index is 1.61. The van der Waals surface area contributed by atoms with Gasteiger partial charge < -0.3 is 10.3 Å². The molecule has 0 aliphatic carbocycles. The highest BCUT2D eigenvalue weighted by molar-refractivity contribution is 7.99. The fourth-order valence-corrected chi connectivity index (χ4v) is 3.40. The number of benzene rings is 2. The number of aryl methyl sites for hydroxylation is 1. The van der Waals surface area contributed by atoms with Crippen LogP contribution in [0.15, 0.2) is 59.8 Å². The highest BCUT2D eigenvalue weighted by Gasteiger charge is 2.33. The first kappa shape index (κ1) is 20.0. The van der Waals surface area contributed by atoms with E-state index in [1.165, 1.54) is 18.2 Å². The molecule has 2 aromatic carbocycles. The summed E-state index contributed by atoms with van der Waals surface area (Å²) in [4.78, 5) is 19.7. The van der Waals surface area contributed by atoms with Crippen LogP contribution in [0.1, 0.15) is 22.5 Å². The fraction of sp³-hybridized carbons (Fsp3) is 0.200. The highest BCUT2D eigenvalue weighted by atomic mass is 32.2. The summed E-state index contributed by atoms with van der Waals surface area (Å²) in [6.45, 7) is 1.90. The Morgan fingerprint density at radius 2 is 1.79 bits per heavy atom. The Kier molecular flexibility index (Phi) is 6.08. The van der Waals surface area contributed by atoms with Crippen molar-refractivity contribution in [2.45, 2.75) is 24.7 Å². The Bertz CT molecular complexity index is 955. The van der Waals surface area contributed by atoms with Crippen molar-refractivity contribution in [2.24, 2.45) is 0 Å². The number of imidazole rings is 1. The predicted molar refractivity (Wildman–Crippen MR) is 103 cm³/mol. The maximum Gasteiger partial charge on any atom is 0.418 e. The monoisotopic (exact) mass is 405 g/mol. The quantitative estimate of drug-likeness (QED) is 0.564. The molecule has 0 aliphatic rings. The molecule has 3 aromatic rings. The van der Waals surface area contributed by atoms with Crippen molar-refractivity contribution in [2.75, 3.05) is 11.1 Å². The molecule has 0 saturated carbocycles. The smallest absolute Gasteiger partial charge is 0.337 e. The summed E-state index contributed by atoms with van der Waals surface area (Å²) >= 11 is 1.15. The number of carbonyl (C=O) groups excluding carboxylic acids is 1. The van der Waals surface area contributed by atoms with Crippen molar-refractivity contribution in [1.29, 1.82) is 0 Å². The minimum Gasteiger partial charge on any atom is -0.337 e. The first-order valence-electron chi connectivity index (χ1n) is 8.51. The molecule has 28 heavy (non-hydrogen) atoms. The number of nitrogens with one attached hydrogen (secondary N) is 2. The Morgan fingerprint density at radius 3 is 2.50 bits per heavy atom. The van der Waals surface area contributed by atoms with Crippen molar-refractivity contribution >= 4 is 23.4 Å². The van der Waals surface area contributed by atoms with E-state index in [2.05, 4.69) is 15.3 Å². The van der Waals surface area contributed by atoms with Crippen LogP contribution in [-0.2, 0) is 17.4 Å². The van der Waals surface area contributed by atoms with E-state index >= 15 is 0 Å². The minimum atomic E-state index is -4.53. The molecule has 0 aliphatic heterocycles. The lowest BCUT2D eigenvalue weighted by Crippen LogP contribution is -2.18. The molecule has 0 radical (unpaired) electrons. The molecule has 0 bridgehead atoms. The lowest BCUT2D eigenvalue weighted by Gasteiger charge is -2.13. The predicted octanol–water partition coefficient (Wildman–Crippen LogP) is 5.06. The van der Waals surface area contributed by atoms with E-state index in [4.69, 9.17) is 0 Å². The van der Waals surface area contributed by atoms with Crippen LogP contribution in [0.2, 0.25) is 0 Å². The molecular formula is C20H18F3N3OS. The summed E-state index contributed by atoms with van der Waals surface area (Å²) in [5.41, 5.74) is 1.77. The van der Waals surface area contributed by atoms with Crippen LogP contribution in [0, 0.1) is 6.92 Å². The highest BCUT2D eigenvalue weighted by Crippen LogP contribution is 2.34. The van der Waals surface area contributed by atoms with E-state index in [1.54, 1.807) is 0 Å². The van der Waals surface area contributed by atoms with Gasteiger partial charge in [0.05, 0.1) is 22.7 Å². The molecule has 1 aromatic heterocycles. The van der Waals surface area contributed by atoms with Gasteiger partial charge in [0.25, 0.3) is 0 Å². The third-order valence-corrected chi connectivity index (χ3v) is 4.90. The van der Waals surface area contributed by atoms with Crippen LogP contribution in [0.4, 0.5) is 18.9 Å². The molecule has 146 valence electrons. The van der Waals surface area contributed by atoms with Gasteiger partial charge in [0.15, 0.2) is 5.16 Å². The number of hydrogen-bond donors (Lipinski definition) is 2. The van der Waals surface area contributed by atoms with Gasteiger partial charge in [-0.05, 0) is 24.6 Å². The van der Waals surface area contributed by atoms with Gasteiger partial charge in [-0.1, -0.05) is 54.2 Å². The number of aromatic nitrogens is 2. The Hall–Kier alpha value is -2.74. The number of thioether (sulfide) groups is 1. The van der Waals surface area contributed by atoms with Crippen molar-refractivity contribution in [1.82, 2.24) is 9.97 Å². The van der Waals surface area contributed by atoms with Gasteiger partial charge in [0, 0.05) is 12.1 Å². The number of H-pyrrole nitrogens is 1. The van der Waals surface area contributed by atoms with Crippen molar-refractivity contribution in [3.63, 3.8) is 0 Å². The van der Waals surface area contributed by atoms with Crippen LogP contribution in [0.5, 0.6) is 0 Å². The van der Waals surface area contributed by atoms with Crippen LogP contribution in [0.25, 0.3) is 0 Å². The van der Waals surface area contributed by atoms with Gasteiger partial charge in [-0.15, -0.1) is 0 Å². The summed E-state index contributed by atoms with van der Waals surface area (Å²) in [7, 11) is 0. The summed E-state index contributed by atoms with van der Waals surface area (Å²) in [5.74, 6) is -0.579. The molecule has 0 spiro atoms. The second-order valence-corrected chi connectivity index (χ2v) is 7.12. The molecule has 0 atom stereocenters. The molecular weight excluding hydrogens is 387 g/mol. The number of halogens is 3. The van der Waals surface area contributed by atoms with Crippen LogP contribution in [-0.4, -0.2) is 21.6 Å². The molecule has 4 nitrogen and oxygen atoms in total. The number of rotatable bonds is 6. The summed E-state index contributed by atoms with van der Waals surface area (Å²) < 4.78 is 39.0. The summed E-state index contributed by atoms with van der Waals surface area (Å²) in [6, 6.07) is 14.8. The van der Waals surface area contributed by atoms with Crippen molar-refractivity contribution < 1.29 is 18.0 Å². The minimum absolute atomic E-state index is 0.0517. The summed E-state index contributed by atoms with van der Waals surface area (Å²) in [5, 5.41) is 2.89. The van der Waals surface area contributed by atoms with Crippen LogP contribution < -0.4 is 5.32 Å². The average molecular weight is 405 g/mol. The number of amides is 1. The molecule has 0 saturated heterocycles. The lowest BCUT2D eigenvalue weighted by molar-refractivity contribution is -0.137. The molecule has 1 heterocycles. The molecule has 0 unspecified atom stereocenters. The van der Waals surface area contributed by atoms with E-state index in [9.17, 15) is 18.0 Å². The maximum absolute atomic E-state index is 13.0. The van der Waals surface area contributed by atoms with E-state index in [1.807, 2.05) is 37.3 Å². The van der Waals surface area contributed by atoms with E-state index < -0.39 is 17.6 Å². The largest absolute Gasteiger partial charge is 0.418 e. The van der Waals surface area contributed by atoms with Gasteiger partial charge in [-0.25, -0.2) is 4.98 Å². The second-order valence-electron chi connectivity index (χ2n) is 6.16. The SMILES string of the molecule is Cc1[nH]c(SCC(=O)Nc2ccccc2C(F)(F)F)nc1Cc1ccccc1. The number of anilines is 1. The molecule has 1 amide bonds. The zero-order valence-electron chi connectivity index (χ0n) is 15.0. The maximum atomic E-state index is 13.0. The van der Waals surface area contributed by atoms with Crippen LogP contribution in [0.3, 0.4) is 0 Å². The van der Waals surface area contributed by atoms with Gasteiger partial charge in [-0.2, -0.15) is 13.2 Å². The summed E-state index contributed by atoms with van der Waals surface area (Å²) in [6.07, 6.45) is -3.86. The normalized spacial score (nSPS) is 11.4. The number of para-hydroxylation sites is 1. The second kappa shape index (κ2) is 8.52. The fourth-order valence-electron chi connectivity index (χ4n) is 2.66. The third-order valence-electron chi connectivity index (χ3n) is 4.02. The van der Waals surface area contributed by atoms with E-state index in [0.29, 0.717) is 11.6 Å². The lowest BCUT2D eigenvalue weighted by atomic mass is 10.1. The Morgan fingerprint density at radius 1 is 1.11 bits per heavy atom. The van der Waals surface area contributed by atoms with E-state index in [0.717, 1.165) is 34.8 Å². The number of nitrogens with zero attached hydrogens (tertiary/aromatic N) is 1. The van der Waals surface area contributed by atoms with Crippen LogP contribution >= 0.6 is 11.8 Å². The number of carbonyl (C=O) groups is 1.